The van der Waals surface area contributed by atoms with Crippen LogP contribution in [0.4, 0.5) is 13.2 Å². The zero-order valence-corrected chi connectivity index (χ0v) is 26.8. The van der Waals surface area contributed by atoms with E-state index in [1.54, 1.807) is 17.0 Å². The summed E-state index contributed by atoms with van der Waals surface area (Å²) < 4.78 is 46.9. The van der Waals surface area contributed by atoms with Gasteiger partial charge in [-0.2, -0.15) is 13.2 Å². The predicted octanol–water partition coefficient (Wildman–Crippen LogP) is 6.68. The maximum absolute atomic E-state index is 14.2. The molecule has 2 fully saturated rings. The van der Waals surface area contributed by atoms with E-state index < -0.39 is 34.9 Å². The molecular formula is C39H41F3N2O4. The van der Waals surface area contributed by atoms with Crippen molar-refractivity contribution in [2.75, 3.05) is 19.6 Å². The Hall–Kier alpha value is -4.08. The minimum atomic E-state index is -4.49. The normalized spacial score (nSPS) is 27.4. The number of rotatable bonds is 10. The van der Waals surface area contributed by atoms with Gasteiger partial charge in [-0.05, 0) is 92.5 Å². The SMILES string of the molecule is C=CCN1CC[C@]23c4c5ccc(O)c4OC2C(N(CCCCc2ccccc2)C(=O)C=Cc2cccc(C(F)(F)F)c2)CC[C@@]3(O)[C@H]1C5. The first-order valence-electron chi connectivity index (χ1n) is 16.9. The van der Waals surface area contributed by atoms with Crippen LogP contribution in [0, 0.1) is 0 Å². The summed E-state index contributed by atoms with van der Waals surface area (Å²) in [6.07, 6.45) is 4.08. The number of aliphatic hydroxyl groups is 1. The molecule has 5 atom stereocenters. The Morgan fingerprint density at radius 2 is 1.90 bits per heavy atom. The van der Waals surface area contributed by atoms with Gasteiger partial charge in [0, 0.05) is 30.8 Å². The number of ether oxygens (including phenoxy) is 1. The van der Waals surface area contributed by atoms with Crippen LogP contribution in [0.2, 0.25) is 0 Å². The highest BCUT2D eigenvalue weighted by Gasteiger charge is 2.73. The molecule has 2 unspecified atom stereocenters. The Morgan fingerprint density at radius 1 is 1.08 bits per heavy atom. The van der Waals surface area contributed by atoms with E-state index in [1.807, 2.05) is 30.3 Å². The van der Waals surface area contributed by atoms with E-state index >= 15 is 0 Å². The second kappa shape index (κ2) is 12.4. The molecule has 4 aliphatic rings. The van der Waals surface area contributed by atoms with Gasteiger partial charge in [0.15, 0.2) is 11.5 Å². The summed E-state index contributed by atoms with van der Waals surface area (Å²) in [5, 5.41) is 23.8. The molecule has 1 saturated carbocycles. The first kappa shape index (κ1) is 32.5. The third-order valence-corrected chi connectivity index (χ3v) is 11.2. The molecule has 48 heavy (non-hydrogen) atoms. The standard InChI is InChI=1S/C39H41F3N2O4/c1-2-21-43-23-20-37-34-28-15-16-31(45)35(34)48-36(37)30(18-19-38(37,47)32(43)25-28)44(22-7-6-11-26-9-4-3-5-10-26)33(46)17-14-27-12-8-13-29(24-27)39(40,41)42/h2-5,8-10,12-17,24,30,32,36,45,47H,1,6-7,11,18-23,25H2/t30?,32-,36?,37+,38-/m1/s1. The van der Waals surface area contributed by atoms with Crippen LogP contribution in [-0.4, -0.2) is 69.3 Å². The van der Waals surface area contributed by atoms with Crippen LogP contribution in [0.15, 0.2) is 85.5 Å². The number of carbonyl (C=O) groups excluding carboxylic acids is 1. The molecule has 1 saturated heterocycles. The lowest BCUT2D eigenvalue weighted by atomic mass is 9.48. The quantitative estimate of drug-likeness (QED) is 0.144. The molecule has 1 amide bonds. The van der Waals surface area contributed by atoms with Gasteiger partial charge in [-0.1, -0.05) is 54.6 Å². The Bertz CT molecular complexity index is 1730. The Kier molecular flexibility index (Phi) is 8.40. The number of alkyl halides is 3. The average molecular weight is 659 g/mol. The fourth-order valence-corrected chi connectivity index (χ4v) is 9.09. The molecule has 7 rings (SSSR count). The third kappa shape index (κ3) is 5.31. The minimum Gasteiger partial charge on any atom is -0.504 e. The number of aromatic hydroxyl groups is 1. The van der Waals surface area contributed by atoms with Crippen LogP contribution >= 0.6 is 0 Å². The lowest BCUT2D eigenvalue weighted by molar-refractivity contribution is -0.199. The van der Waals surface area contributed by atoms with E-state index in [0.717, 1.165) is 36.1 Å². The summed E-state index contributed by atoms with van der Waals surface area (Å²) in [4.78, 5) is 18.3. The summed E-state index contributed by atoms with van der Waals surface area (Å²) in [6, 6.07) is 18.0. The average Bonchev–Trinajstić information content (AvgIpc) is 3.43. The molecule has 2 N–H and O–H groups in total. The van der Waals surface area contributed by atoms with E-state index in [-0.39, 0.29) is 23.3 Å². The number of nitrogens with zero attached hydrogens (tertiary/aromatic N) is 2. The Balaban J connectivity index is 1.23. The smallest absolute Gasteiger partial charge is 0.416 e. The number of benzene rings is 3. The number of aryl methyl sites for hydroxylation is 1. The van der Waals surface area contributed by atoms with E-state index in [0.29, 0.717) is 57.5 Å². The van der Waals surface area contributed by atoms with Crippen molar-refractivity contribution in [2.45, 2.75) is 80.3 Å². The van der Waals surface area contributed by atoms with E-state index in [2.05, 4.69) is 23.6 Å². The van der Waals surface area contributed by atoms with Crippen LogP contribution < -0.4 is 4.74 Å². The van der Waals surface area contributed by atoms with Crippen molar-refractivity contribution in [1.82, 2.24) is 9.80 Å². The van der Waals surface area contributed by atoms with Crippen LogP contribution in [0.1, 0.15) is 59.9 Å². The molecular weight excluding hydrogens is 617 g/mol. The first-order chi connectivity index (χ1) is 23.1. The fraction of sp³-hybridized carbons (Fsp3) is 0.410. The summed E-state index contributed by atoms with van der Waals surface area (Å²) in [5.41, 5.74) is 0.652. The largest absolute Gasteiger partial charge is 0.504 e. The van der Waals surface area contributed by atoms with E-state index in [4.69, 9.17) is 4.74 Å². The van der Waals surface area contributed by atoms with Gasteiger partial charge in [-0.15, -0.1) is 6.58 Å². The van der Waals surface area contributed by atoms with Crippen molar-refractivity contribution >= 4 is 12.0 Å². The van der Waals surface area contributed by atoms with Crippen molar-refractivity contribution < 1.29 is 32.9 Å². The molecule has 3 aromatic carbocycles. The van der Waals surface area contributed by atoms with Gasteiger partial charge in [0.2, 0.25) is 5.91 Å². The lowest BCUT2D eigenvalue weighted by Crippen LogP contribution is -2.78. The predicted molar refractivity (Wildman–Crippen MR) is 178 cm³/mol. The number of piperidine rings is 1. The monoisotopic (exact) mass is 658 g/mol. The molecule has 2 bridgehead atoms. The Labute approximate surface area is 279 Å². The number of phenolic OH excluding ortho intramolecular Hbond substituents is 1. The molecule has 6 nitrogen and oxygen atoms in total. The first-order valence-corrected chi connectivity index (χ1v) is 16.9. The third-order valence-electron chi connectivity index (χ3n) is 11.2. The van der Waals surface area contributed by atoms with Gasteiger partial charge in [0.05, 0.1) is 22.6 Å². The molecule has 0 radical (unpaired) electrons. The van der Waals surface area contributed by atoms with Gasteiger partial charge in [-0.3, -0.25) is 9.69 Å². The maximum Gasteiger partial charge on any atom is 0.416 e. The number of phenols is 1. The van der Waals surface area contributed by atoms with E-state index in [9.17, 15) is 28.2 Å². The molecule has 252 valence electrons. The van der Waals surface area contributed by atoms with Crippen LogP contribution in [0.5, 0.6) is 11.5 Å². The second-order valence-electron chi connectivity index (χ2n) is 13.7. The fourth-order valence-electron chi connectivity index (χ4n) is 9.09. The van der Waals surface area contributed by atoms with Gasteiger partial charge in [0.25, 0.3) is 0 Å². The molecule has 2 aliphatic carbocycles. The number of amides is 1. The molecule has 1 spiro atoms. The topological polar surface area (TPSA) is 73.2 Å². The summed E-state index contributed by atoms with van der Waals surface area (Å²) in [6.45, 7) is 5.71. The molecule has 2 aliphatic heterocycles. The van der Waals surface area contributed by atoms with Gasteiger partial charge in [0.1, 0.15) is 6.10 Å². The summed E-state index contributed by atoms with van der Waals surface area (Å²) >= 11 is 0. The van der Waals surface area contributed by atoms with Crippen molar-refractivity contribution in [3.05, 3.63) is 113 Å². The number of halogens is 3. The van der Waals surface area contributed by atoms with Crippen molar-refractivity contribution in [3.63, 3.8) is 0 Å². The number of hydrogen-bond acceptors (Lipinski definition) is 5. The lowest BCUT2D eigenvalue weighted by Gasteiger charge is -2.64. The molecule has 9 heteroatoms. The number of hydrogen-bond donors (Lipinski definition) is 2. The molecule has 0 aromatic heterocycles. The summed E-state index contributed by atoms with van der Waals surface area (Å²) in [5.74, 6) is 0.102. The van der Waals surface area contributed by atoms with Crippen LogP contribution in [0.25, 0.3) is 6.08 Å². The summed E-state index contributed by atoms with van der Waals surface area (Å²) in [7, 11) is 0. The molecule has 2 heterocycles. The number of likely N-dealkylation sites (tertiary alicyclic amines) is 1. The van der Waals surface area contributed by atoms with Crippen molar-refractivity contribution in [2.24, 2.45) is 0 Å². The maximum atomic E-state index is 14.2. The highest BCUT2D eigenvalue weighted by molar-refractivity contribution is 5.92. The Morgan fingerprint density at radius 3 is 2.67 bits per heavy atom. The number of carbonyl (C=O) groups is 1. The number of unbranched alkanes of at least 4 members (excludes halogenated alkanes) is 1. The van der Waals surface area contributed by atoms with Gasteiger partial charge < -0.3 is 19.8 Å². The highest BCUT2D eigenvalue weighted by Crippen LogP contribution is 2.65. The zero-order valence-electron chi connectivity index (χ0n) is 26.8. The van der Waals surface area contributed by atoms with Gasteiger partial charge >= 0.3 is 6.18 Å². The van der Waals surface area contributed by atoms with Crippen molar-refractivity contribution in [1.29, 1.82) is 0 Å². The highest BCUT2D eigenvalue weighted by atomic mass is 19.4. The molecule has 3 aromatic rings. The second-order valence-corrected chi connectivity index (χ2v) is 13.7. The van der Waals surface area contributed by atoms with E-state index in [1.165, 1.54) is 23.8 Å². The van der Waals surface area contributed by atoms with Crippen LogP contribution in [-0.2, 0) is 29.2 Å². The van der Waals surface area contributed by atoms with Gasteiger partial charge in [-0.25, -0.2) is 0 Å². The minimum absolute atomic E-state index is 0.0239. The zero-order chi connectivity index (χ0) is 33.7. The van der Waals surface area contributed by atoms with Crippen LogP contribution in [0.3, 0.4) is 0 Å². The van der Waals surface area contributed by atoms with Crippen molar-refractivity contribution in [3.8, 4) is 11.5 Å².